The second kappa shape index (κ2) is 6.98. The van der Waals surface area contributed by atoms with Gasteiger partial charge in [0.05, 0.1) is 24.8 Å². The Balaban J connectivity index is 1.69. The van der Waals surface area contributed by atoms with Crippen LogP contribution in [0.2, 0.25) is 0 Å². The summed E-state index contributed by atoms with van der Waals surface area (Å²) in [4.78, 5) is 11.8. The number of methoxy groups -OCH3 is 1. The number of piperidine rings is 1. The summed E-state index contributed by atoms with van der Waals surface area (Å²) in [5.41, 5.74) is 4.08. The molecule has 0 unspecified atom stereocenters. The highest BCUT2D eigenvalue weighted by Gasteiger charge is 2.41. The summed E-state index contributed by atoms with van der Waals surface area (Å²) in [5.74, 6) is 1.59. The molecule has 1 aromatic carbocycles. The molecule has 4 rings (SSSR count). The van der Waals surface area contributed by atoms with E-state index >= 15 is 0 Å². The summed E-state index contributed by atoms with van der Waals surface area (Å²) in [6, 6.07) is 6.11. The quantitative estimate of drug-likeness (QED) is 0.880. The first-order valence-corrected chi connectivity index (χ1v) is 9.41. The number of imidazole rings is 1. The number of hydrogen-bond donors (Lipinski definition) is 1. The van der Waals surface area contributed by atoms with Gasteiger partial charge in [-0.15, -0.1) is 0 Å². The smallest absolute Gasteiger partial charge is 0.224 e. The number of rotatable bonds is 4. The monoisotopic (exact) mass is 382 g/mol. The average Bonchev–Trinajstić information content (AvgIpc) is 3.26. The van der Waals surface area contributed by atoms with Gasteiger partial charge in [0.15, 0.2) is 5.84 Å². The van der Waals surface area contributed by atoms with Gasteiger partial charge in [-0.25, -0.2) is 4.98 Å². The number of hydrogen-bond acceptors (Lipinski definition) is 6. The van der Waals surface area contributed by atoms with Crippen LogP contribution < -0.4 is 4.74 Å². The molecule has 1 saturated heterocycles. The molecule has 7 nitrogen and oxygen atoms in total. The first-order valence-electron chi connectivity index (χ1n) is 9.41. The topological polar surface area (TPSA) is 72.1 Å². The number of aryl methyl sites for hydroxylation is 1. The van der Waals surface area contributed by atoms with Gasteiger partial charge in [0, 0.05) is 12.7 Å². The van der Waals surface area contributed by atoms with Crippen LogP contribution in [0.1, 0.15) is 31.5 Å². The molecule has 1 atom stereocenters. The van der Waals surface area contributed by atoms with Gasteiger partial charge >= 0.3 is 0 Å². The number of benzene rings is 1. The molecule has 7 heteroatoms. The molecule has 0 aliphatic carbocycles. The number of aliphatic hydroxyl groups is 1. The summed E-state index contributed by atoms with van der Waals surface area (Å²) in [6.45, 7) is 7.12. The average molecular weight is 382 g/mol. The second-order valence-corrected chi connectivity index (χ2v) is 8.15. The van der Waals surface area contributed by atoms with Crippen LogP contribution in [0, 0.1) is 12.3 Å². The van der Waals surface area contributed by atoms with Crippen LogP contribution in [0.25, 0.3) is 11.8 Å². The van der Waals surface area contributed by atoms with Gasteiger partial charge in [-0.3, -0.25) is 0 Å². The lowest BCUT2D eigenvalue weighted by atomic mass is 9.80. The van der Waals surface area contributed by atoms with E-state index in [0.29, 0.717) is 0 Å². The molecule has 2 aliphatic rings. The number of amidine groups is 1. The van der Waals surface area contributed by atoms with E-state index in [9.17, 15) is 5.11 Å². The normalized spacial score (nSPS) is 22.0. The molecule has 0 bridgehead atoms. The lowest BCUT2D eigenvalue weighted by Crippen LogP contribution is -2.48. The number of nitrogens with zero attached hydrogens (tertiary/aromatic N) is 4. The summed E-state index contributed by atoms with van der Waals surface area (Å²) in [5, 5.41) is 13.8. The summed E-state index contributed by atoms with van der Waals surface area (Å²) < 4.78 is 7.58. The van der Waals surface area contributed by atoms with Gasteiger partial charge in [-0.05, 0) is 48.1 Å². The molecule has 0 radical (unpaired) electrons. The van der Waals surface area contributed by atoms with Gasteiger partial charge in [-0.2, -0.15) is 0 Å². The molecule has 0 saturated carbocycles. The third-order valence-corrected chi connectivity index (χ3v) is 5.13. The van der Waals surface area contributed by atoms with Crippen molar-refractivity contribution >= 4 is 11.9 Å². The Kier molecular flexibility index (Phi) is 4.63. The van der Waals surface area contributed by atoms with Crippen LogP contribution in [0.15, 0.2) is 41.5 Å². The van der Waals surface area contributed by atoms with Gasteiger partial charge in [-0.1, -0.05) is 25.1 Å². The molecular formula is C21H26N4O3. The minimum atomic E-state index is -0.403. The molecule has 2 aliphatic heterocycles. The van der Waals surface area contributed by atoms with Crippen LogP contribution in [0.4, 0.5) is 0 Å². The number of aliphatic hydroxyl groups excluding tert-OH is 1. The van der Waals surface area contributed by atoms with Gasteiger partial charge in [0.25, 0.3) is 0 Å². The van der Waals surface area contributed by atoms with E-state index in [4.69, 9.17) is 9.57 Å². The van der Waals surface area contributed by atoms with E-state index in [1.807, 2.05) is 29.8 Å². The SMILES string of the molecule is COc1cc(/C=C2\CC(C)(C)CN3C2=NO[C@H]3CO)ccc1-n1cnc(C)c1. The molecule has 1 N–H and O–H groups in total. The van der Waals surface area contributed by atoms with Crippen molar-refractivity contribution in [3.05, 3.63) is 47.6 Å². The highest BCUT2D eigenvalue weighted by atomic mass is 16.7. The van der Waals surface area contributed by atoms with Gasteiger partial charge < -0.3 is 24.1 Å². The molecular weight excluding hydrogens is 356 g/mol. The van der Waals surface area contributed by atoms with E-state index in [1.165, 1.54) is 0 Å². The Hall–Kier alpha value is -2.80. The predicted octanol–water partition coefficient (Wildman–Crippen LogP) is 2.97. The number of aromatic nitrogens is 2. The molecule has 0 spiro atoms. The van der Waals surface area contributed by atoms with E-state index in [-0.39, 0.29) is 12.0 Å². The molecule has 1 aromatic heterocycles. The first-order chi connectivity index (χ1) is 13.4. The molecule has 3 heterocycles. The highest BCUT2D eigenvalue weighted by molar-refractivity contribution is 6.03. The number of oxime groups is 1. The van der Waals surface area contributed by atoms with Crippen LogP contribution in [-0.2, 0) is 4.84 Å². The van der Waals surface area contributed by atoms with Crippen molar-refractivity contribution in [2.75, 3.05) is 20.3 Å². The molecule has 2 aromatic rings. The van der Waals surface area contributed by atoms with Gasteiger partial charge in [0.1, 0.15) is 12.4 Å². The van der Waals surface area contributed by atoms with E-state index in [0.717, 1.165) is 47.1 Å². The Morgan fingerprint density at radius 1 is 1.39 bits per heavy atom. The van der Waals surface area contributed by atoms with E-state index < -0.39 is 6.23 Å². The maximum atomic E-state index is 9.58. The van der Waals surface area contributed by atoms with Crippen molar-refractivity contribution in [2.24, 2.45) is 10.6 Å². The zero-order chi connectivity index (χ0) is 19.9. The van der Waals surface area contributed by atoms with Crippen molar-refractivity contribution in [1.82, 2.24) is 14.5 Å². The second-order valence-electron chi connectivity index (χ2n) is 8.15. The van der Waals surface area contributed by atoms with Crippen LogP contribution >= 0.6 is 0 Å². The Morgan fingerprint density at radius 3 is 2.89 bits per heavy atom. The highest BCUT2D eigenvalue weighted by Crippen LogP contribution is 2.38. The largest absolute Gasteiger partial charge is 0.495 e. The van der Waals surface area contributed by atoms with Crippen molar-refractivity contribution < 1.29 is 14.7 Å². The predicted molar refractivity (Wildman–Crippen MR) is 107 cm³/mol. The summed E-state index contributed by atoms with van der Waals surface area (Å²) in [7, 11) is 1.67. The van der Waals surface area contributed by atoms with Crippen LogP contribution in [0.5, 0.6) is 5.75 Å². The zero-order valence-electron chi connectivity index (χ0n) is 16.7. The van der Waals surface area contributed by atoms with Crippen molar-refractivity contribution in [3.63, 3.8) is 0 Å². The fourth-order valence-electron chi connectivity index (χ4n) is 3.89. The zero-order valence-corrected chi connectivity index (χ0v) is 16.7. The standard InChI is InChI=1S/C21H26N4O3/c1-14-10-24(13-22-14)17-6-5-15(8-18(17)27-4)7-16-9-21(2,3)12-25-19(11-26)28-23-20(16)25/h5-8,10,13,19,26H,9,11-12H2,1-4H3/b16-7+/t19-/m0/s1. The molecule has 0 amide bonds. The maximum Gasteiger partial charge on any atom is 0.224 e. The van der Waals surface area contributed by atoms with Crippen LogP contribution in [-0.4, -0.2) is 51.9 Å². The third-order valence-electron chi connectivity index (χ3n) is 5.13. The van der Waals surface area contributed by atoms with Crippen LogP contribution in [0.3, 0.4) is 0 Å². The minimum Gasteiger partial charge on any atom is -0.495 e. The molecule has 148 valence electrons. The molecule has 28 heavy (non-hydrogen) atoms. The maximum absolute atomic E-state index is 9.58. The third kappa shape index (κ3) is 3.38. The Labute approximate surface area is 164 Å². The number of fused-ring (bicyclic) bond motifs is 1. The fourth-order valence-corrected chi connectivity index (χ4v) is 3.89. The first kappa shape index (κ1) is 18.6. The number of ether oxygens (including phenoxy) is 1. The summed E-state index contributed by atoms with van der Waals surface area (Å²) in [6.07, 6.45) is 6.36. The minimum absolute atomic E-state index is 0.0599. The van der Waals surface area contributed by atoms with Crippen molar-refractivity contribution in [1.29, 1.82) is 0 Å². The summed E-state index contributed by atoms with van der Waals surface area (Å²) >= 11 is 0. The lowest BCUT2D eigenvalue weighted by Gasteiger charge is -2.39. The molecule has 1 fully saturated rings. The lowest BCUT2D eigenvalue weighted by molar-refractivity contribution is -0.0380. The Morgan fingerprint density at radius 2 is 2.21 bits per heavy atom. The fraction of sp³-hybridized carbons (Fsp3) is 0.429. The van der Waals surface area contributed by atoms with Gasteiger partial charge in [0.2, 0.25) is 6.23 Å². The van der Waals surface area contributed by atoms with Crippen molar-refractivity contribution in [2.45, 2.75) is 33.4 Å². The van der Waals surface area contributed by atoms with Crippen molar-refractivity contribution in [3.8, 4) is 11.4 Å². The van der Waals surface area contributed by atoms with E-state index in [1.54, 1.807) is 13.4 Å². The Bertz CT molecular complexity index is 945. The van der Waals surface area contributed by atoms with E-state index in [2.05, 4.69) is 41.0 Å².